The van der Waals surface area contributed by atoms with Crippen LogP contribution in [0.4, 0.5) is 0 Å². The molecule has 3 rings (SSSR count). The van der Waals surface area contributed by atoms with Crippen LogP contribution in [0.15, 0.2) is 30.5 Å². The number of hydrogen-bond donors (Lipinski definition) is 1. The second-order valence-electron chi connectivity index (χ2n) is 5.72. The Kier molecular flexibility index (Phi) is 4.16. The maximum atomic E-state index is 12.5. The molecule has 1 aliphatic heterocycles. The minimum Gasteiger partial charge on any atom is -0.360 e. The summed E-state index contributed by atoms with van der Waals surface area (Å²) in [6.07, 6.45) is 8.26. The molecule has 0 bridgehead atoms. The summed E-state index contributed by atoms with van der Waals surface area (Å²) in [5, 5.41) is 1.05. The lowest BCUT2D eigenvalue weighted by molar-refractivity contribution is 0.0926. The van der Waals surface area contributed by atoms with Crippen molar-refractivity contribution in [1.82, 2.24) is 9.88 Å². The molecule has 2 aromatic rings. The van der Waals surface area contributed by atoms with E-state index in [0.717, 1.165) is 29.6 Å². The van der Waals surface area contributed by atoms with E-state index in [1.165, 1.54) is 32.1 Å². The van der Waals surface area contributed by atoms with E-state index in [2.05, 4.69) is 9.88 Å². The Labute approximate surface area is 120 Å². The molecule has 20 heavy (non-hydrogen) atoms. The van der Waals surface area contributed by atoms with Crippen LogP contribution in [-0.4, -0.2) is 35.3 Å². The zero-order valence-electron chi connectivity index (χ0n) is 11.9. The lowest BCUT2D eigenvalue weighted by Gasteiger charge is -2.23. The quantitative estimate of drug-likeness (QED) is 0.865. The van der Waals surface area contributed by atoms with Gasteiger partial charge in [-0.1, -0.05) is 37.5 Å². The highest BCUT2D eigenvalue weighted by atomic mass is 16.1. The molecule has 1 aliphatic rings. The number of benzene rings is 1. The number of rotatable bonds is 3. The second kappa shape index (κ2) is 6.23. The second-order valence-corrected chi connectivity index (χ2v) is 5.72. The predicted octanol–water partition coefficient (Wildman–Crippen LogP) is 3.62. The molecule has 1 saturated heterocycles. The molecule has 0 amide bonds. The average molecular weight is 270 g/mol. The molecule has 0 atom stereocenters. The number of carbonyl (C=O) groups is 1. The number of nitrogens with one attached hydrogen (secondary N) is 1. The SMILES string of the molecule is O=C(CN1CCCCCCC1)c1c[nH]c2ccccc12. The lowest BCUT2D eigenvalue weighted by atomic mass is 10.1. The highest BCUT2D eigenvalue weighted by Crippen LogP contribution is 2.19. The monoisotopic (exact) mass is 270 g/mol. The van der Waals surface area contributed by atoms with Crippen molar-refractivity contribution >= 4 is 16.7 Å². The van der Waals surface area contributed by atoms with E-state index in [1.54, 1.807) is 0 Å². The van der Waals surface area contributed by atoms with Gasteiger partial charge in [-0.25, -0.2) is 0 Å². The number of para-hydroxylation sites is 1. The molecule has 0 radical (unpaired) electrons. The molecular weight excluding hydrogens is 248 g/mol. The standard InChI is InChI=1S/C17H22N2O/c20-17(13-19-10-6-2-1-3-7-11-19)15-12-18-16-9-5-4-8-14(15)16/h4-5,8-9,12,18H,1-3,6-7,10-11,13H2. The van der Waals surface area contributed by atoms with Crippen LogP contribution in [0.5, 0.6) is 0 Å². The van der Waals surface area contributed by atoms with E-state index in [4.69, 9.17) is 0 Å². The van der Waals surface area contributed by atoms with Gasteiger partial charge in [0, 0.05) is 22.7 Å². The zero-order chi connectivity index (χ0) is 13.8. The van der Waals surface area contributed by atoms with Crippen LogP contribution in [-0.2, 0) is 0 Å². The molecular formula is C17H22N2O. The van der Waals surface area contributed by atoms with Gasteiger partial charge in [0.25, 0.3) is 0 Å². The van der Waals surface area contributed by atoms with Gasteiger partial charge in [0.15, 0.2) is 5.78 Å². The van der Waals surface area contributed by atoms with Gasteiger partial charge in [-0.3, -0.25) is 9.69 Å². The third-order valence-corrected chi connectivity index (χ3v) is 4.21. The topological polar surface area (TPSA) is 36.1 Å². The molecule has 0 saturated carbocycles. The smallest absolute Gasteiger partial charge is 0.178 e. The van der Waals surface area contributed by atoms with E-state index >= 15 is 0 Å². The fraction of sp³-hybridized carbons (Fsp3) is 0.471. The number of carbonyl (C=O) groups excluding carboxylic acids is 1. The average Bonchev–Trinajstić information content (AvgIpc) is 2.85. The molecule has 3 nitrogen and oxygen atoms in total. The molecule has 0 unspecified atom stereocenters. The fourth-order valence-electron chi connectivity index (χ4n) is 3.06. The van der Waals surface area contributed by atoms with E-state index in [-0.39, 0.29) is 5.78 Å². The number of fused-ring (bicyclic) bond motifs is 1. The number of H-pyrrole nitrogens is 1. The van der Waals surface area contributed by atoms with Gasteiger partial charge in [0.05, 0.1) is 6.54 Å². The third-order valence-electron chi connectivity index (χ3n) is 4.21. The number of aromatic amines is 1. The van der Waals surface area contributed by atoms with E-state index in [9.17, 15) is 4.79 Å². The lowest BCUT2D eigenvalue weighted by Crippen LogP contribution is -2.32. The first-order chi connectivity index (χ1) is 9.84. The van der Waals surface area contributed by atoms with Crippen molar-refractivity contribution in [3.05, 3.63) is 36.0 Å². The Hall–Kier alpha value is -1.61. The first-order valence-corrected chi connectivity index (χ1v) is 7.66. The van der Waals surface area contributed by atoms with E-state index in [1.807, 2.05) is 30.5 Å². The van der Waals surface area contributed by atoms with Crippen LogP contribution >= 0.6 is 0 Å². The van der Waals surface area contributed by atoms with Crippen LogP contribution in [0, 0.1) is 0 Å². The summed E-state index contributed by atoms with van der Waals surface area (Å²) in [4.78, 5) is 18.0. The molecule has 0 spiro atoms. The Morgan fingerprint density at radius 2 is 1.75 bits per heavy atom. The van der Waals surface area contributed by atoms with Crippen molar-refractivity contribution in [3.63, 3.8) is 0 Å². The van der Waals surface area contributed by atoms with Gasteiger partial charge < -0.3 is 4.98 Å². The Morgan fingerprint density at radius 3 is 2.55 bits per heavy atom. The molecule has 2 heterocycles. The molecule has 0 aliphatic carbocycles. The largest absolute Gasteiger partial charge is 0.360 e. The van der Waals surface area contributed by atoms with Crippen molar-refractivity contribution in [2.24, 2.45) is 0 Å². The molecule has 1 aromatic carbocycles. The summed E-state index contributed by atoms with van der Waals surface area (Å²) in [7, 11) is 0. The molecule has 1 aromatic heterocycles. The number of nitrogens with zero attached hydrogens (tertiary/aromatic N) is 1. The van der Waals surface area contributed by atoms with Crippen molar-refractivity contribution in [1.29, 1.82) is 0 Å². The number of aromatic nitrogens is 1. The number of Topliss-reactive ketones (excluding diaryl/α,β-unsaturated/α-hetero) is 1. The van der Waals surface area contributed by atoms with Crippen LogP contribution in [0.3, 0.4) is 0 Å². The predicted molar refractivity (Wildman–Crippen MR) is 82.2 cm³/mol. The van der Waals surface area contributed by atoms with Crippen LogP contribution in [0.1, 0.15) is 42.5 Å². The van der Waals surface area contributed by atoms with Crippen LogP contribution in [0.25, 0.3) is 10.9 Å². The molecule has 1 fully saturated rings. The number of hydrogen-bond acceptors (Lipinski definition) is 2. The van der Waals surface area contributed by atoms with Crippen molar-refractivity contribution in [2.75, 3.05) is 19.6 Å². The van der Waals surface area contributed by atoms with Gasteiger partial charge in [-0.05, 0) is 32.0 Å². The van der Waals surface area contributed by atoms with Crippen molar-refractivity contribution < 1.29 is 4.79 Å². The van der Waals surface area contributed by atoms with Gasteiger partial charge >= 0.3 is 0 Å². The van der Waals surface area contributed by atoms with Gasteiger partial charge in [0.2, 0.25) is 0 Å². The van der Waals surface area contributed by atoms with Crippen molar-refractivity contribution in [3.8, 4) is 0 Å². The first-order valence-electron chi connectivity index (χ1n) is 7.66. The summed E-state index contributed by atoms with van der Waals surface area (Å²) in [6.45, 7) is 2.68. The van der Waals surface area contributed by atoms with E-state index < -0.39 is 0 Å². The Bertz CT molecular complexity index is 579. The number of ketones is 1. The van der Waals surface area contributed by atoms with Gasteiger partial charge in [-0.2, -0.15) is 0 Å². The van der Waals surface area contributed by atoms with Crippen molar-refractivity contribution in [2.45, 2.75) is 32.1 Å². The summed E-state index contributed by atoms with van der Waals surface area (Å²) in [6, 6.07) is 8.02. The van der Waals surface area contributed by atoms with Gasteiger partial charge in [-0.15, -0.1) is 0 Å². The number of likely N-dealkylation sites (tertiary alicyclic amines) is 1. The molecule has 106 valence electrons. The Morgan fingerprint density at radius 1 is 1.05 bits per heavy atom. The third kappa shape index (κ3) is 2.93. The first kappa shape index (κ1) is 13.4. The summed E-state index contributed by atoms with van der Waals surface area (Å²) < 4.78 is 0. The minimum atomic E-state index is 0.239. The zero-order valence-corrected chi connectivity index (χ0v) is 11.9. The fourth-order valence-corrected chi connectivity index (χ4v) is 3.06. The molecule has 3 heteroatoms. The Balaban J connectivity index is 1.72. The highest BCUT2D eigenvalue weighted by molar-refractivity contribution is 6.08. The summed E-state index contributed by atoms with van der Waals surface area (Å²) in [5.41, 5.74) is 1.88. The van der Waals surface area contributed by atoms with Crippen LogP contribution in [0.2, 0.25) is 0 Å². The maximum absolute atomic E-state index is 12.5. The van der Waals surface area contributed by atoms with Gasteiger partial charge in [0.1, 0.15) is 0 Å². The highest BCUT2D eigenvalue weighted by Gasteiger charge is 2.16. The van der Waals surface area contributed by atoms with E-state index in [0.29, 0.717) is 6.54 Å². The summed E-state index contributed by atoms with van der Waals surface area (Å²) in [5.74, 6) is 0.239. The normalized spacial score (nSPS) is 17.8. The summed E-state index contributed by atoms with van der Waals surface area (Å²) >= 11 is 0. The molecule has 1 N–H and O–H groups in total. The maximum Gasteiger partial charge on any atom is 0.178 e. The minimum absolute atomic E-state index is 0.239. The van der Waals surface area contributed by atoms with Crippen LogP contribution < -0.4 is 0 Å².